The molecule has 6 nitrogen and oxygen atoms in total. The highest BCUT2D eigenvalue weighted by molar-refractivity contribution is 7.08. The zero-order chi connectivity index (χ0) is 20.4. The fraction of sp³-hybridized carbons (Fsp3) is 0. The molecular weight excluding hydrogens is 392 g/mol. The molecule has 5 aromatic rings. The molecule has 0 spiro atoms. The van der Waals surface area contributed by atoms with Crippen LogP contribution in [0.4, 0.5) is 0 Å². The molecule has 0 radical (unpaired) electrons. The Morgan fingerprint density at radius 3 is 1.24 bits per heavy atom. The predicted molar refractivity (Wildman–Crippen MR) is 113 cm³/mol. The molecule has 0 unspecified atom stereocenters. The van der Waals surface area contributed by atoms with E-state index < -0.39 is 32.6 Å². The lowest BCUT2D eigenvalue weighted by molar-refractivity contribution is 1.56. The van der Waals surface area contributed by atoms with Gasteiger partial charge in [0.1, 0.15) is 0 Å². The average molecular weight is 400 g/mol. The molecular formula is C22H8O6S. The smallest absolute Gasteiger partial charge is 0.273 e. The Kier molecular flexibility index (Phi) is 3.47. The lowest BCUT2D eigenvalue weighted by Gasteiger charge is -2.05. The quantitative estimate of drug-likeness (QED) is 0.414. The molecule has 0 fully saturated rings. The third-order valence-electron chi connectivity index (χ3n) is 5.13. The van der Waals surface area contributed by atoms with Crippen molar-refractivity contribution in [2.24, 2.45) is 0 Å². The van der Waals surface area contributed by atoms with Crippen LogP contribution in [0.2, 0.25) is 0 Å². The van der Waals surface area contributed by atoms with Crippen molar-refractivity contribution in [2.75, 3.05) is 0 Å². The Labute approximate surface area is 163 Å². The Morgan fingerprint density at radius 2 is 0.828 bits per heavy atom. The van der Waals surface area contributed by atoms with Crippen LogP contribution in [0.3, 0.4) is 0 Å². The van der Waals surface area contributed by atoms with E-state index in [1.807, 2.05) is 10.8 Å². The van der Waals surface area contributed by atoms with Crippen LogP contribution in [0.1, 0.15) is 0 Å². The lowest BCUT2D eigenvalue weighted by Crippen LogP contribution is -2.29. The summed E-state index contributed by atoms with van der Waals surface area (Å²) < 4.78 is 0. The van der Waals surface area contributed by atoms with Gasteiger partial charge in [0.15, 0.2) is 0 Å². The van der Waals surface area contributed by atoms with Crippen molar-refractivity contribution in [1.29, 1.82) is 0 Å². The summed E-state index contributed by atoms with van der Waals surface area (Å²) in [4.78, 5) is 71.1. The molecule has 0 saturated heterocycles. The summed E-state index contributed by atoms with van der Waals surface area (Å²) in [5, 5.41) is 4.03. The number of fused-ring (bicyclic) bond motifs is 2. The van der Waals surface area contributed by atoms with Crippen LogP contribution in [0, 0.1) is 0 Å². The third kappa shape index (κ3) is 2.28. The van der Waals surface area contributed by atoms with Crippen LogP contribution >= 0.6 is 11.3 Å². The maximum Gasteiger partial charge on any atom is 0.273 e. The summed E-state index contributed by atoms with van der Waals surface area (Å²) in [6.45, 7) is 0. The second kappa shape index (κ2) is 5.83. The van der Waals surface area contributed by atoms with E-state index in [0.29, 0.717) is 11.1 Å². The molecule has 1 heterocycles. The lowest BCUT2D eigenvalue weighted by atomic mass is 9.97. The van der Waals surface area contributed by atoms with E-state index in [0.717, 1.165) is 11.1 Å². The van der Waals surface area contributed by atoms with Gasteiger partial charge in [-0.1, -0.05) is 12.1 Å². The molecule has 0 bridgehead atoms. The Balaban J connectivity index is 1.75. The van der Waals surface area contributed by atoms with E-state index in [-0.39, 0.29) is 21.5 Å². The van der Waals surface area contributed by atoms with Crippen molar-refractivity contribution in [3.63, 3.8) is 0 Å². The van der Waals surface area contributed by atoms with Gasteiger partial charge in [0, 0.05) is 32.7 Å². The summed E-state index contributed by atoms with van der Waals surface area (Å²) in [5.74, 6) is 0. The number of thiophene rings is 1. The first kappa shape index (κ1) is 17.3. The average Bonchev–Trinajstić information content (AvgIpc) is 3.37. The first-order valence-electron chi connectivity index (χ1n) is 8.50. The van der Waals surface area contributed by atoms with Crippen molar-refractivity contribution in [1.82, 2.24) is 0 Å². The highest BCUT2D eigenvalue weighted by Crippen LogP contribution is 2.36. The SMILES string of the molecule is O=c1c(=O)c2ccc(-c3cscc3-c3ccc4c(=O)c(=O)c(=O)c4c3)cc2c1=O. The van der Waals surface area contributed by atoms with Crippen LogP contribution in [-0.2, 0) is 0 Å². The van der Waals surface area contributed by atoms with Crippen molar-refractivity contribution >= 4 is 32.9 Å². The van der Waals surface area contributed by atoms with Gasteiger partial charge in [-0.3, -0.25) is 28.8 Å². The van der Waals surface area contributed by atoms with E-state index in [2.05, 4.69) is 0 Å². The van der Waals surface area contributed by atoms with Crippen molar-refractivity contribution < 1.29 is 0 Å². The van der Waals surface area contributed by atoms with Gasteiger partial charge in [0.2, 0.25) is 21.7 Å². The maximum absolute atomic E-state index is 12.0. The predicted octanol–water partition coefficient (Wildman–Crippen LogP) is 1.30. The van der Waals surface area contributed by atoms with Gasteiger partial charge in [-0.15, -0.1) is 0 Å². The van der Waals surface area contributed by atoms with E-state index in [9.17, 15) is 28.8 Å². The monoisotopic (exact) mass is 400 g/mol. The molecule has 0 N–H and O–H groups in total. The second-order valence-electron chi connectivity index (χ2n) is 6.69. The zero-order valence-electron chi connectivity index (χ0n) is 14.5. The van der Waals surface area contributed by atoms with Gasteiger partial charge in [-0.05, 0) is 46.2 Å². The number of benzene rings is 2. The maximum atomic E-state index is 12.0. The first-order chi connectivity index (χ1) is 13.9. The van der Waals surface area contributed by atoms with Gasteiger partial charge < -0.3 is 0 Å². The van der Waals surface area contributed by atoms with E-state index in [1.54, 1.807) is 12.1 Å². The van der Waals surface area contributed by atoms with Gasteiger partial charge >= 0.3 is 0 Å². The second-order valence-corrected chi connectivity index (χ2v) is 7.44. The fourth-order valence-electron chi connectivity index (χ4n) is 3.63. The molecule has 7 heteroatoms. The molecule has 4 aromatic carbocycles. The summed E-state index contributed by atoms with van der Waals surface area (Å²) in [6, 6.07) is 9.25. The summed E-state index contributed by atoms with van der Waals surface area (Å²) >= 11 is 1.39. The minimum Gasteiger partial charge on any atom is -0.285 e. The van der Waals surface area contributed by atoms with Gasteiger partial charge in [0.25, 0.3) is 10.9 Å². The fourth-order valence-corrected chi connectivity index (χ4v) is 4.50. The van der Waals surface area contributed by atoms with Crippen LogP contribution in [-0.4, -0.2) is 0 Å². The van der Waals surface area contributed by atoms with Crippen molar-refractivity contribution in [3.8, 4) is 22.3 Å². The van der Waals surface area contributed by atoms with Crippen LogP contribution < -0.4 is 32.6 Å². The minimum atomic E-state index is -1.03. The summed E-state index contributed by atoms with van der Waals surface area (Å²) in [6.07, 6.45) is 0. The van der Waals surface area contributed by atoms with Crippen LogP contribution in [0.25, 0.3) is 43.8 Å². The summed E-state index contributed by atoms with van der Waals surface area (Å²) in [7, 11) is 0. The highest BCUT2D eigenvalue weighted by Gasteiger charge is 2.17. The Bertz CT molecular complexity index is 1640. The highest BCUT2D eigenvalue weighted by atomic mass is 32.1. The Morgan fingerprint density at radius 1 is 0.448 bits per heavy atom. The number of hydrogen-bond donors (Lipinski definition) is 0. The molecule has 0 aliphatic carbocycles. The molecule has 0 saturated carbocycles. The van der Waals surface area contributed by atoms with E-state index in [1.165, 1.54) is 35.6 Å². The number of rotatable bonds is 2. The topological polar surface area (TPSA) is 102 Å². The van der Waals surface area contributed by atoms with Crippen molar-refractivity contribution in [2.45, 2.75) is 0 Å². The zero-order valence-corrected chi connectivity index (χ0v) is 15.3. The van der Waals surface area contributed by atoms with E-state index in [4.69, 9.17) is 0 Å². The molecule has 0 aliphatic rings. The standard InChI is InChI=1S/C22H8O6S/c23-17-11-3-1-9(5-13(11)19(25)21(17)27)15-7-29-8-16(15)10-2-4-12-14(6-10)20(26)22(28)18(12)24/h1-8H. The molecule has 29 heavy (non-hydrogen) atoms. The number of hydrogen-bond acceptors (Lipinski definition) is 7. The van der Waals surface area contributed by atoms with E-state index >= 15 is 0 Å². The van der Waals surface area contributed by atoms with Gasteiger partial charge in [-0.2, -0.15) is 11.3 Å². The van der Waals surface area contributed by atoms with Crippen molar-refractivity contribution in [3.05, 3.63) is 108 Å². The third-order valence-corrected chi connectivity index (χ3v) is 5.87. The molecule has 0 amide bonds. The Hall–Kier alpha value is -3.84. The normalized spacial score (nSPS) is 11.6. The molecule has 5 rings (SSSR count). The molecule has 1 aromatic heterocycles. The first-order valence-corrected chi connectivity index (χ1v) is 9.44. The largest absolute Gasteiger partial charge is 0.285 e. The minimum absolute atomic E-state index is 0.0787. The van der Waals surface area contributed by atoms with Crippen LogP contribution in [0.5, 0.6) is 0 Å². The molecule has 0 atom stereocenters. The summed E-state index contributed by atoms with van der Waals surface area (Å²) in [5.41, 5.74) is -2.55. The van der Waals surface area contributed by atoms with Gasteiger partial charge in [0.05, 0.1) is 0 Å². The molecule has 0 aliphatic heterocycles. The van der Waals surface area contributed by atoms with Crippen LogP contribution in [0.15, 0.2) is 75.9 Å². The van der Waals surface area contributed by atoms with Gasteiger partial charge in [-0.25, -0.2) is 0 Å². The molecule has 138 valence electrons.